The average molecular weight is 487 g/mol. The summed E-state index contributed by atoms with van der Waals surface area (Å²) >= 11 is 0. The van der Waals surface area contributed by atoms with E-state index in [0.29, 0.717) is 30.0 Å². The highest BCUT2D eigenvalue weighted by Crippen LogP contribution is 2.28. The Kier molecular flexibility index (Phi) is 6.99. The zero-order valence-corrected chi connectivity index (χ0v) is 19.8. The number of hydrogen-bond donors (Lipinski definition) is 1. The van der Waals surface area contributed by atoms with Crippen LogP contribution in [0.5, 0.6) is 5.75 Å². The van der Waals surface area contributed by atoms with Gasteiger partial charge >= 0.3 is 0 Å². The second-order valence-electron chi connectivity index (χ2n) is 8.21. The number of methoxy groups -OCH3 is 1. The van der Waals surface area contributed by atoms with Gasteiger partial charge in [0, 0.05) is 44.0 Å². The highest BCUT2D eigenvalue weighted by Gasteiger charge is 2.34. The fourth-order valence-electron chi connectivity index (χ4n) is 4.16. The first-order chi connectivity index (χ1) is 16.3. The van der Waals surface area contributed by atoms with Gasteiger partial charge in [0.05, 0.1) is 12.0 Å². The first kappa shape index (κ1) is 23.9. The van der Waals surface area contributed by atoms with Crippen molar-refractivity contribution in [2.75, 3.05) is 20.2 Å². The summed E-state index contributed by atoms with van der Waals surface area (Å²) in [6.45, 7) is 0.443. The van der Waals surface area contributed by atoms with E-state index in [4.69, 9.17) is 4.74 Å². The number of sulfonamides is 1. The highest BCUT2D eigenvalue weighted by molar-refractivity contribution is 7.89. The van der Waals surface area contributed by atoms with Crippen molar-refractivity contribution < 1.29 is 22.3 Å². The van der Waals surface area contributed by atoms with E-state index >= 15 is 0 Å². The van der Waals surface area contributed by atoms with Crippen molar-refractivity contribution in [3.8, 4) is 5.75 Å². The zero-order valence-electron chi connectivity index (χ0n) is 19.0. The van der Waals surface area contributed by atoms with E-state index in [9.17, 15) is 17.6 Å². The van der Waals surface area contributed by atoms with Gasteiger partial charge in [-0.15, -0.1) is 0 Å². The van der Waals surface area contributed by atoms with Gasteiger partial charge in [0.2, 0.25) is 15.9 Å². The molecule has 0 bridgehead atoms. The van der Waals surface area contributed by atoms with Crippen LogP contribution in [-0.4, -0.2) is 48.4 Å². The number of carbonyl (C=O) groups excluding carboxylic acids is 1. The number of nitrogens with one attached hydrogen (secondary N) is 1. The molecule has 4 rings (SSSR count). The number of ether oxygens (including phenoxy) is 1. The molecule has 0 saturated carbocycles. The number of benzene rings is 2. The second-order valence-corrected chi connectivity index (χ2v) is 10.2. The van der Waals surface area contributed by atoms with Crippen molar-refractivity contribution in [1.29, 1.82) is 0 Å². The van der Waals surface area contributed by atoms with Crippen molar-refractivity contribution in [3.05, 3.63) is 78.1 Å². The topological polar surface area (TPSA) is 93.5 Å². The smallest absolute Gasteiger partial charge is 0.243 e. The molecule has 1 N–H and O–H groups in total. The molecule has 34 heavy (non-hydrogen) atoms. The van der Waals surface area contributed by atoms with Gasteiger partial charge < -0.3 is 14.6 Å². The molecule has 1 fully saturated rings. The summed E-state index contributed by atoms with van der Waals surface area (Å²) in [6.07, 6.45) is 4.06. The molecular weight excluding hydrogens is 459 g/mol. The monoisotopic (exact) mass is 486 g/mol. The molecular formula is C24H27FN4O4S. The lowest BCUT2D eigenvalue weighted by Crippen LogP contribution is -2.44. The Morgan fingerprint density at radius 1 is 1.15 bits per heavy atom. The van der Waals surface area contributed by atoms with E-state index in [0.717, 1.165) is 0 Å². The number of nitrogens with zero attached hydrogens (tertiary/aromatic N) is 3. The molecule has 0 spiro atoms. The van der Waals surface area contributed by atoms with Crippen molar-refractivity contribution >= 4 is 15.9 Å². The lowest BCUT2D eigenvalue weighted by molar-refractivity contribution is -0.126. The summed E-state index contributed by atoms with van der Waals surface area (Å²) in [7, 11) is -0.365. The maximum Gasteiger partial charge on any atom is 0.243 e. The van der Waals surface area contributed by atoms with Crippen LogP contribution < -0.4 is 10.1 Å². The van der Waals surface area contributed by atoms with Gasteiger partial charge in [-0.25, -0.2) is 17.8 Å². The van der Waals surface area contributed by atoms with Crippen molar-refractivity contribution in [3.63, 3.8) is 0 Å². The Labute approximate surface area is 198 Å². The molecule has 0 aliphatic carbocycles. The molecule has 1 aliphatic heterocycles. The highest BCUT2D eigenvalue weighted by atomic mass is 32.2. The van der Waals surface area contributed by atoms with E-state index in [1.165, 1.54) is 29.6 Å². The van der Waals surface area contributed by atoms with Crippen LogP contribution >= 0.6 is 0 Å². The Bertz CT molecular complexity index is 1250. The predicted molar refractivity (Wildman–Crippen MR) is 124 cm³/mol. The lowest BCUT2D eigenvalue weighted by Gasteiger charge is -2.31. The largest absolute Gasteiger partial charge is 0.497 e. The molecule has 1 atom stereocenters. The van der Waals surface area contributed by atoms with Gasteiger partial charge in [-0.1, -0.05) is 18.2 Å². The maximum atomic E-state index is 14.6. The minimum atomic E-state index is -3.67. The summed E-state index contributed by atoms with van der Waals surface area (Å²) in [5.74, 6) is 0.00947. The molecule has 2 heterocycles. The van der Waals surface area contributed by atoms with Crippen LogP contribution in [0.2, 0.25) is 0 Å². The molecule has 180 valence electrons. The number of halogens is 1. The van der Waals surface area contributed by atoms with E-state index in [1.807, 2.05) is 0 Å². The van der Waals surface area contributed by atoms with Crippen molar-refractivity contribution in [2.24, 2.45) is 13.0 Å². The number of hydrogen-bond acceptors (Lipinski definition) is 5. The van der Waals surface area contributed by atoms with Crippen LogP contribution in [-0.2, 0) is 21.9 Å². The number of carbonyl (C=O) groups is 1. The minimum Gasteiger partial charge on any atom is -0.497 e. The quantitative estimate of drug-likeness (QED) is 0.554. The second kappa shape index (κ2) is 9.94. The normalized spacial score (nSPS) is 16.2. The first-order valence-corrected chi connectivity index (χ1v) is 12.4. The van der Waals surface area contributed by atoms with Crippen molar-refractivity contribution in [1.82, 2.24) is 19.2 Å². The van der Waals surface area contributed by atoms with Crippen LogP contribution in [0.15, 0.2) is 65.8 Å². The number of aromatic nitrogens is 2. The van der Waals surface area contributed by atoms with E-state index in [1.54, 1.807) is 54.3 Å². The van der Waals surface area contributed by atoms with Gasteiger partial charge in [0.1, 0.15) is 23.4 Å². The summed E-state index contributed by atoms with van der Waals surface area (Å²) in [4.78, 5) is 17.6. The summed E-state index contributed by atoms with van der Waals surface area (Å²) < 4.78 is 48.8. The van der Waals surface area contributed by atoms with Crippen LogP contribution in [0.3, 0.4) is 0 Å². The van der Waals surface area contributed by atoms with Gasteiger partial charge in [0.15, 0.2) is 0 Å². The number of imidazole rings is 1. The Morgan fingerprint density at radius 3 is 2.41 bits per heavy atom. The molecule has 1 aliphatic rings. The standard InChI is InChI=1S/C24H27FN4O4S/c1-28-16-13-26-23(28)22(20-5-3-4-6-21(20)25)27-24(30)17-11-14-29(15-12-17)34(31,32)19-9-7-18(33-2)8-10-19/h3-10,13,16-17,22H,11-12,14-15H2,1-2H3,(H,27,30). The molecule has 1 amide bonds. The summed E-state index contributed by atoms with van der Waals surface area (Å²) in [6, 6.07) is 11.8. The summed E-state index contributed by atoms with van der Waals surface area (Å²) in [5, 5.41) is 2.94. The molecule has 1 aromatic heterocycles. The molecule has 3 aromatic rings. The Morgan fingerprint density at radius 2 is 1.82 bits per heavy atom. The fourth-order valence-corrected chi connectivity index (χ4v) is 5.63. The molecule has 1 saturated heterocycles. The van der Waals surface area contributed by atoms with Gasteiger partial charge in [-0.05, 0) is 43.2 Å². The van der Waals surface area contributed by atoms with E-state index in [2.05, 4.69) is 10.3 Å². The fraction of sp³-hybridized carbons (Fsp3) is 0.333. The number of rotatable bonds is 7. The number of amides is 1. The van der Waals surface area contributed by atoms with Gasteiger partial charge in [0.25, 0.3) is 0 Å². The first-order valence-electron chi connectivity index (χ1n) is 11.0. The third-order valence-electron chi connectivity index (χ3n) is 6.14. The predicted octanol–water partition coefficient (Wildman–Crippen LogP) is 2.87. The average Bonchev–Trinajstić information content (AvgIpc) is 3.28. The van der Waals surface area contributed by atoms with Crippen LogP contribution in [0.1, 0.15) is 30.3 Å². The molecule has 2 aromatic carbocycles. The lowest BCUT2D eigenvalue weighted by atomic mass is 9.96. The third-order valence-corrected chi connectivity index (χ3v) is 8.05. The minimum absolute atomic E-state index is 0.186. The maximum absolute atomic E-state index is 14.6. The number of aryl methyl sites for hydroxylation is 1. The molecule has 8 nitrogen and oxygen atoms in total. The van der Waals surface area contributed by atoms with E-state index in [-0.39, 0.29) is 23.9 Å². The van der Waals surface area contributed by atoms with Crippen LogP contribution in [0.25, 0.3) is 0 Å². The Hall–Kier alpha value is -3.24. The SMILES string of the molecule is COc1ccc(S(=O)(=O)N2CCC(C(=O)NC(c3ccccc3F)c3nccn3C)CC2)cc1. The Balaban J connectivity index is 1.46. The summed E-state index contributed by atoms with van der Waals surface area (Å²) in [5.41, 5.74) is 0.324. The number of piperidine rings is 1. The molecule has 0 radical (unpaired) electrons. The van der Waals surface area contributed by atoms with Crippen LogP contribution in [0.4, 0.5) is 4.39 Å². The van der Waals surface area contributed by atoms with E-state index < -0.39 is 27.8 Å². The molecule has 1 unspecified atom stereocenters. The zero-order chi connectivity index (χ0) is 24.3. The van der Waals surface area contributed by atoms with Crippen molar-refractivity contribution in [2.45, 2.75) is 23.8 Å². The molecule has 10 heteroatoms. The van der Waals surface area contributed by atoms with Crippen LogP contribution in [0, 0.1) is 11.7 Å². The third kappa shape index (κ3) is 4.83. The van der Waals surface area contributed by atoms with Gasteiger partial charge in [-0.3, -0.25) is 4.79 Å². The van der Waals surface area contributed by atoms with Gasteiger partial charge in [-0.2, -0.15) is 4.31 Å².